The van der Waals surface area contributed by atoms with E-state index in [9.17, 15) is 5.11 Å². The number of rotatable bonds is 4. The number of aryl methyl sites for hydroxylation is 1. The van der Waals surface area contributed by atoms with Crippen LogP contribution in [-0.4, -0.2) is 21.7 Å². The average molecular weight is 248 g/mol. The highest BCUT2D eigenvalue weighted by molar-refractivity contribution is 7.15. The Morgan fingerprint density at radius 3 is 2.88 bits per heavy atom. The summed E-state index contributed by atoms with van der Waals surface area (Å²) in [5.74, 6) is 0.206. The second-order valence-corrected chi connectivity index (χ2v) is 5.03. The van der Waals surface area contributed by atoms with Gasteiger partial charge in [-0.05, 0) is 25.5 Å². The topological polar surface area (TPSA) is 46.0 Å². The zero-order valence-corrected chi connectivity index (χ0v) is 10.9. The van der Waals surface area contributed by atoms with Crippen molar-refractivity contribution in [2.24, 2.45) is 0 Å². The summed E-state index contributed by atoms with van der Waals surface area (Å²) in [5, 5.41) is 10.3. The van der Waals surface area contributed by atoms with Crippen LogP contribution >= 0.6 is 11.3 Å². The third-order valence-electron chi connectivity index (χ3n) is 2.82. The SMILES string of the molecule is CCC(CO)c1sc(-c2cccnc2)nc1C. The first kappa shape index (κ1) is 12.2. The molecule has 0 saturated heterocycles. The molecule has 0 aliphatic heterocycles. The highest BCUT2D eigenvalue weighted by Crippen LogP contribution is 2.33. The highest BCUT2D eigenvalue weighted by atomic mass is 32.1. The van der Waals surface area contributed by atoms with Crippen LogP contribution in [0.5, 0.6) is 0 Å². The Balaban J connectivity index is 2.37. The van der Waals surface area contributed by atoms with E-state index >= 15 is 0 Å². The molecule has 0 spiro atoms. The molecule has 0 radical (unpaired) electrons. The first-order chi connectivity index (χ1) is 8.26. The van der Waals surface area contributed by atoms with Gasteiger partial charge in [-0.15, -0.1) is 11.3 Å². The van der Waals surface area contributed by atoms with E-state index < -0.39 is 0 Å². The highest BCUT2D eigenvalue weighted by Gasteiger charge is 2.16. The quantitative estimate of drug-likeness (QED) is 0.904. The molecule has 0 aromatic carbocycles. The number of pyridine rings is 1. The van der Waals surface area contributed by atoms with E-state index in [1.165, 1.54) is 4.88 Å². The van der Waals surface area contributed by atoms with Crippen LogP contribution in [0.1, 0.15) is 29.8 Å². The Labute approximate surface area is 105 Å². The fraction of sp³-hybridized carbons (Fsp3) is 0.385. The van der Waals surface area contributed by atoms with Gasteiger partial charge in [0.25, 0.3) is 0 Å². The summed E-state index contributed by atoms with van der Waals surface area (Å²) in [6.45, 7) is 4.28. The van der Waals surface area contributed by atoms with Gasteiger partial charge >= 0.3 is 0 Å². The number of aromatic nitrogens is 2. The van der Waals surface area contributed by atoms with Crippen molar-refractivity contribution >= 4 is 11.3 Å². The van der Waals surface area contributed by atoms with Gasteiger partial charge in [-0.1, -0.05) is 6.92 Å². The zero-order valence-electron chi connectivity index (χ0n) is 10.1. The van der Waals surface area contributed by atoms with Gasteiger partial charge in [0.2, 0.25) is 0 Å². The first-order valence-corrected chi connectivity index (χ1v) is 6.56. The van der Waals surface area contributed by atoms with Crippen LogP contribution < -0.4 is 0 Å². The van der Waals surface area contributed by atoms with Crippen molar-refractivity contribution < 1.29 is 5.11 Å². The number of nitrogens with zero attached hydrogens (tertiary/aromatic N) is 2. The average Bonchev–Trinajstić information content (AvgIpc) is 2.75. The molecule has 3 nitrogen and oxygen atoms in total. The molecule has 17 heavy (non-hydrogen) atoms. The minimum atomic E-state index is 0.187. The van der Waals surface area contributed by atoms with Gasteiger partial charge in [-0.3, -0.25) is 4.98 Å². The Hall–Kier alpha value is -1.26. The van der Waals surface area contributed by atoms with Gasteiger partial charge in [-0.25, -0.2) is 4.98 Å². The summed E-state index contributed by atoms with van der Waals surface area (Å²) in [4.78, 5) is 9.86. The van der Waals surface area contributed by atoms with Crippen LogP contribution in [0.4, 0.5) is 0 Å². The predicted octanol–water partition coefficient (Wildman–Crippen LogP) is 3.00. The van der Waals surface area contributed by atoms with Crippen molar-refractivity contribution in [3.63, 3.8) is 0 Å². The van der Waals surface area contributed by atoms with Crippen LogP contribution in [0.3, 0.4) is 0 Å². The van der Waals surface area contributed by atoms with Crippen LogP contribution in [0.2, 0.25) is 0 Å². The molecule has 0 aliphatic carbocycles. The van der Waals surface area contributed by atoms with Crippen molar-refractivity contribution in [2.75, 3.05) is 6.61 Å². The maximum atomic E-state index is 9.35. The van der Waals surface area contributed by atoms with Gasteiger partial charge in [0.1, 0.15) is 5.01 Å². The Morgan fingerprint density at radius 2 is 2.29 bits per heavy atom. The molecule has 1 atom stereocenters. The summed E-state index contributed by atoms with van der Waals surface area (Å²) in [5.41, 5.74) is 2.06. The lowest BCUT2D eigenvalue weighted by atomic mass is 10.1. The lowest BCUT2D eigenvalue weighted by Gasteiger charge is -2.08. The van der Waals surface area contributed by atoms with Crippen LogP contribution in [-0.2, 0) is 0 Å². The van der Waals surface area contributed by atoms with E-state index in [0.29, 0.717) is 0 Å². The van der Waals surface area contributed by atoms with Crippen molar-refractivity contribution in [2.45, 2.75) is 26.2 Å². The van der Waals surface area contributed by atoms with E-state index in [2.05, 4.69) is 16.9 Å². The van der Waals surface area contributed by atoms with Crippen molar-refractivity contribution in [3.05, 3.63) is 35.1 Å². The Kier molecular flexibility index (Phi) is 3.86. The molecule has 2 aromatic heterocycles. The van der Waals surface area contributed by atoms with Crippen LogP contribution in [0, 0.1) is 6.92 Å². The lowest BCUT2D eigenvalue weighted by Crippen LogP contribution is -2.01. The molecular formula is C13H16N2OS. The number of thiazole rings is 1. The molecular weight excluding hydrogens is 232 g/mol. The number of hydrogen-bond acceptors (Lipinski definition) is 4. The number of hydrogen-bond donors (Lipinski definition) is 1. The van der Waals surface area contributed by atoms with Gasteiger partial charge in [-0.2, -0.15) is 0 Å². The van der Waals surface area contributed by atoms with Gasteiger partial charge < -0.3 is 5.11 Å². The Morgan fingerprint density at radius 1 is 1.47 bits per heavy atom. The van der Waals surface area contributed by atoms with Gasteiger partial charge in [0.05, 0.1) is 12.3 Å². The fourth-order valence-corrected chi connectivity index (χ4v) is 3.03. The molecule has 0 amide bonds. The van der Waals surface area contributed by atoms with E-state index in [4.69, 9.17) is 0 Å². The number of aliphatic hydroxyl groups excluding tert-OH is 1. The minimum Gasteiger partial charge on any atom is -0.396 e. The molecule has 2 heterocycles. The van der Waals surface area contributed by atoms with Crippen LogP contribution in [0.15, 0.2) is 24.5 Å². The van der Waals surface area contributed by atoms with Crippen molar-refractivity contribution in [1.82, 2.24) is 9.97 Å². The van der Waals surface area contributed by atoms with Crippen molar-refractivity contribution in [3.8, 4) is 10.6 Å². The molecule has 1 unspecified atom stereocenters. The second-order valence-electron chi connectivity index (χ2n) is 4.00. The van der Waals surface area contributed by atoms with E-state index in [-0.39, 0.29) is 12.5 Å². The molecule has 2 aromatic rings. The molecule has 0 saturated carbocycles. The van der Waals surface area contributed by atoms with Crippen LogP contribution in [0.25, 0.3) is 10.6 Å². The molecule has 0 fully saturated rings. The normalized spacial score (nSPS) is 12.6. The minimum absolute atomic E-state index is 0.187. The third-order valence-corrected chi connectivity index (χ3v) is 4.19. The maximum Gasteiger partial charge on any atom is 0.125 e. The molecule has 2 rings (SSSR count). The molecule has 1 N–H and O–H groups in total. The zero-order chi connectivity index (χ0) is 12.3. The summed E-state index contributed by atoms with van der Waals surface area (Å²) in [6.07, 6.45) is 4.52. The molecule has 0 aliphatic rings. The van der Waals surface area contributed by atoms with E-state index in [1.807, 2.05) is 25.3 Å². The third kappa shape index (κ3) is 2.53. The Bertz CT molecular complexity index is 477. The van der Waals surface area contributed by atoms with E-state index in [0.717, 1.165) is 22.7 Å². The maximum absolute atomic E-state index is 9.35. The fourth-order valence-electron chi connectivity index (χ4n) is 1.80. The smallest absolute Gasteiger partial charge is 0.125 e. The summed E-state index contributed by atoms with van der Waals surface area (Å²) in [7, 11) is 0. The summed E-state index contributed by atoms with van der Waals surface area (Å²) in [6, 6.07) is 3.92. The lowest BCUT2D eigenvalue weighted by molar-refractivity contribution is 0.263. The molecule has 0 bridgehead atoms. The largest absolute Gasteiger partial charge is 0.396 e. The van der Waals surface area contributed by atoms with Gasteiger partial charge in [0, 0.05) is 28.8 Å². The molecule has 90 valence electrons. The summed E-state index contributed by atoms with van der Waals surface area (Å²) >= 11 is 1.66. The van der Waals surface area contributed by atoms with E-state index in [1.54, 1.807) is 17.5 Å². The van der Waals surface area contributed by atoms with Gasteiger partial charge in [0.15, 0.2) is 0 Å². The summed E-state index contributed by atoms with van der Waals surface area (Å²) < 4.78 is 0. The molecule has 4 heteroatoms. The monoisotopic (exact) mass is 248 g/mol. The number of aliphatic hydroxyl groups is 1. The first-order valence-electron chi connectivity index (χ1n) is 5.74. The second kappa shape index (κ2) is 5.38. The predicted molar refractivity (Wildman–Crippen MR) is 70.2 cm³/mol. The standard InChI is InChI=1S/C13H16N2OS/c1-3-10(8-16)12-9(2)15-13(17-12)11-5-4-6-14-7-11/h4-7,10,16H,3,8H2,1-2H3. The van der Waals surface area contributed by atoms with Crippen molar-refractivity contribution in [1.29, 1.82) is 0 Å².